The molecule has 2 aliphatic rings. The summed E-state index contributed by atoms with van der Waals surface area (Å²) in [5.74, 6) is 0. The number of rotatable bonds is 3. The number of nitrogens with one attached hydrogen (secondary N) is 1. The smallest absolute Gasteiger partial charge is 0.0706 e. The van der Waals surface area contributed by atoms with Crippen LogP contribution in [0, 0.1) is 0 Å². The second-order valence-corrected chi connectivity index (χ2v) is 5.77. The Morgan fingerprint density at radius 3 is 2.84 bits per heavy atom. The normalized spacial score (nSPS) is 32.6. The predicted octanol–water partition coefficient (Wildman–Crippen LogP) is 2.20. The molecular weight excluding hydrogens is 236 g/mol. The molecule has 3 nitrogen and oxygen atoms in total. The van der Waals surface area contributed by atoms with Crippen molar-refractivity contribution in [2.45, 2.75) is 38.0 Å². The summed E-state index contributed by atoms with van der Waals surface area (Å²) in [6.45, 7) is 6.52. The number of nitrogens with zero attached hydrogens (tertiary/aromatic N) is 1. The molecule has 2 saturated heterocycles. The highest BCUT2D eigenvalue weighted by Gasteiger charge is 2.29. The molecule has 0 radical (unpaired) electrons. The van der Waals surface area contributed by atoms with Crippen LogP contribution >= 0.6 is 0 Å². The van der Waals surface area contributed by atoms with Gasteiger partial charge in [-0.05, 0) is 25.3 Å². The van der Waals surface area contributed by atoms with Gasteiger partial charge < -0.3 is 10.1 Å². The van der Waals surface area contributed by atoms with Gasteiger partial charge in [0.25, 0.3) is 0 Å². The van der Waals surface area contributed by atoms with E-state index in [2.05, 4.69) is 47.5 Å². The van der Waals surface area contributed by atoms with Gasteiger partial charge >= 0.3 is 0 Å². The Kier molecular flexibility index (Phi) is 4.16. The lowest BCUT2D eigenvalue weighted by Crippen LogP contribution is -2.48. The van der Waals surface area contributed by atoms with Gasteiger partial charge in [0.05, 0.1) is 12.2 Å². The Hall–Kier alpha value is -0.900. The topological polar surface area (TPSA) is 24.5 Å². The first-order valence-corrected chi connectivity index (χ1v) is 7.48. The standard InChI is InChI=1S/C16H24N2O/c1-13-7-8-15(19-13)12-18-10-9-17-11-16(18)14-5-3-2-4-6-14/h2-6,13,15-17H,7-12H2,1H3. The lowest BCUT2D eigenvalue weighted by molar-refractivity contribution is 0.0161. The van der Waals surface area contributed by atoms with E-state index >= 15 is 0 Å². The molecule has 0 bridgehead atoms. The van der Waals surface area contributed by atoms with Crippen molar-refractivity contribution in [1.82, 2.24) is 10.2 Å². The average molecular weight is 260 g/mol. The van der Waals surface area contributed by atoms with Gasteiger partial charge in [0.1, 0.15) is 0 Å². The van der Waals surface area contributed by atoms with Crippen LogP contribution in [0.4, 0.5) is 0 Å². The Bertz CT molecular complexity index is 395. The van der Waals surface area contributed by atoms with Gasteiger partial charge in [-0.15, -0.1) is 0 Å². The molecule has 2 aliphatic heterocycles. The van der Waals surface area contributed by atoms with Gasteiger partial charge in [-0.25, -0.2) is 0 Å². The number of benzene rings is 1. The molecule has 0 aromatic heterocycles. The fourth-order valence-electron chi connectivity index (χ4n) is 3.25. The van der Waals surface area contributed by atoms with E-state index in [1.54, 1.807) is 0 Å². The fourth-order valence-corrected chi connectivity index (χ4v) is 3.25. The average Bonchev–Trinajstić information content (AvgIpc) is 2.86. The molecule has 19 heavy (non-hydrogen) atoms. The zero-order valence-electron chi connectivity index (χ0n) is 11.7. The number of ether oxygens (including phenoxy) is 1. The zero-order valence-corrected chi connectivity index (χ0v) is 11.7. The molecule has 1 aromatic carbocycles. The molecule has 1 aromatic rings. The second-order valence-electron chi connectivity index (χ2n) is 5.77. The summed E-state index contributed by atoms with van der Waals surface area (Å²) in [5.41, 5.74) is 1.42. The van der Waals surface area contributed by atoms with Crippen LogP contribution in [0.2, 0.25) is 0 Å². The Labute approximate surface area is 115 Å². The highest BCUT2D eigenvalue weighted by molar-refractivity contribution is 5.20. The molecule has 0 saturated carbocycles. The number of hydrogen-bond donors (Lipinski definition) is 1. The van der Waals surface area contributed by atoms with Gasteiger partial charge in [-0.2, -0.15) is 0 Å². The van der Waals surface area contributed by atoms with Gasteiger partial charge in [0.15, 0.2) is 0 Å². The Balaban J connectivity index is 1.67. The van der Waals surface area contributed by atoms with E-state index in [0.717, 1.165) is 26.2 Å². The van der Waals surface area contributed by atoms with Crippen LogP contribution in [-0.4, -0.2) is 43.3 Å². The summed E-state index contributed by atoms with van der Waals surface area (Å²) in [4.78, 5) is 2.59. The summed E-state index contributed by atoms with van der Waals surface area (Å²) in [6, 6.07) is 11.3. The summed E-state index contributed by atoms with van der Waals surface area (Å²) in [5, 5.41) is 3.51. The van der Waals surface area contributed by atoms with Crippen LogP contribution in [0.3, 0.4) is 0 Å². The molecule has 1 N–H and O–H groups in total. The maximum Gasteiger partial charge on any atom is 0.0706 e. The first kappa shape index (κ1) is 13.1. The van der Waals surface area contributed by atoms with E-state index in [1.807, 2.05) is 0 Å². The van der Waals surface area contributed by atoms with Crippen LogP contribution in [-0.2, 0) is 4.74 Å². The minimum Gasteiger partial charge on any atom is -0.374 e. The van der Waals surface area contributed by atoms with E-state index in [-0.39, 0.29) is 0 Å². The fraction of sp³-hybridized carbons (Fsp3) is 0.625. The molecule has 0 spiro atoms. The summed E-state index contributed by atoms with van der Waals surface area (Å²) in [7, 11) is 0. The Morgan fingerprint density at radius 1 is 1.26 bits per heavy atom. The largest absolute Gasteiger partial charge is 0.374 e. The van der Waals surface area contributed by atoms with Gasteiger partial charge in [0.2, 0.25) is 0 Å². The van der Waals surface area contributed by atoms with Crippen molar-refractivity contribution in [3.05, 3.63) is 35.9 Å². The van der Waals surface area contributed by atoms with Crippen molar-refractivity contribution in [2.24, 2.45) is 0 Å². The minimum atomic E-state index is 0.430. The van der Waals surface area contributed by atoms with Crippen molar-refractivity contribution in [1.29, 1.82) is 0 Å². The second kappa shape index (κ2) is 6.04. The van der Waals surface area contributed by atoms with E-state index in [4.69, 9.17) is 4.74 Å². The predicted molar refractivity (Wildman–Crippen MR) is 77.2 cm³/mol. The van der Waals surface area contributed by atoms with E-state index in [1.165, 1.54) is 18.4 Å². The Morgan fingerprint density at radius 2 is 2.11 bits per heavy atom. The minimum absolute atomic E-state index is 0.430. The molecule has 2 fully saturated rings. The molecule has 3 atom stereocenters. The third kappa shape index (κ3) is 3.16. The third-order valence-corrected chi connectivity index (χ3v) is 4.30. The van der Waals surface area contributed by atoms with E-state index < -0.39 is 0 Å². The SMILES string of the molecule is CC1CCC(CN2CCNCC2c2ccccc2)O1. The molecule has 2 heterocycles. The summed E-state index contributed by atoms with van der Waals surface area (Å²) < 4.78 is 5.99. The lowest BCUT2D eigenvalue weighted by atomic mass is 10.0. The highest BCUT2D eigenvalue weighted by atomic mass is 16.5. The van der Waals surface area contributed by atoms with E-state index in [9.17, 15) is 0 Å². The first-order chi connectivity index (χ1) is 9.33. The molecular formula is C16H24N2O. The van der Waals surface area contributed by atoms with Crippen LogP contribution in [0.1, 0.15) is 31.4 Å². The lowest BCUT2D eigenvalue weighted by Gasteiger charge is -2.37. The maximum atomic E-state index is 5.99. The molecule has 3 rings (SSSR count). The summed E-state index contributed by atoms with van der Waals surface area (Å²) in [6.07, 6.45) is 3.31. The van der Waals surface area contributed by atoms with Crippen LogP contribution in [0.15, 0.2) is 30.3 Å². The number of hydrogen-bond acceptors (Lipinski definition) is 3. The monoisotopic (exact) mass is 260 g/mol. The molecule has 0 amide bonds. The summed E-state index contributed by atoms with van der Waals surface area (Å²) >= 11 is 0. The van der Waals surface area contributed by atoms with Crippen molar-refractivity contribution in [2.75, 3.05) is 26.2 Å². The van der Waals surface area contributed by atoms with Crippen LogP contribution in [0.25, 0.3) is 0 Å². The molecule has 3 unspecified atom stereocenters. The zero-order chi connectivity index (χ0) is 13.1. The third-order valence-electron chi connectivity index (χ3n) is 4.30. The quantitative estimate of drug-likeness (QED) is 0.901. The van der Waals surface area contributed by atoms with Crippen LogP contribution < -0.4 is 5.32 Å². The maximum absolute atomic E-state index is 5.99. The molecule has 0 aliphatic carbocycles. The van der Waals surface area contributed by atoms with Crippen molar-refractivity contribution >= 4 is 0 Å². The van der Waals surface area contributed by atoms with Crippen LogP contribution in [0.5, 0.6) is 0 Å². The van der Waals surface area contributed by atoms with Gasteiger partial charge in [0, 0.05) is 32.2 Å². The highest BCUT2D eigenvalue weighted by Crippen LogP contribution is 2.26. The van der Waals surface area contributed by atoms with Gasteiger partial charge in [-0.1, -0.05) is 30.3 Å². The molecule has 104 valence electrons. The van der Waals surface area contributed by atoms with Crippen molar-refractivity contribution in [3.63, 3.8) is 0 Å². The van der Waals surface area contributed by atoms with E-state index in [0.29, 0.717) is 18.2 Å². The van der Waals surface area contributed by atoms with Crippen molar-refractivity contribution < 1.29 is 4.74 Å². The molecule has 3 heteroatoms. The van der Waals surface area contributed by atoms with Crippen molar-refractivity contribution in [3.8, 4) is 0 Å². The van der Waals surface area contributed by atoms with Gasteiger partial charge in [-0.3, -0.25) is 4.90 Å². The first-order valence-electron chi connectivity index (χ1n) is 7.48. The number of piperazine rings is 1.